The highest BCUT2D eigenvalue weighted by Gasteiger charge is 2.39. The number of nitrogens with one attached hydrogen (secondary N) is 1. The van der Waals surface area contributed by atoms with Crippen molar-refractivity contribution in [2.24, 2.45) is 7.05 Å². The van der Waals surface area contributed by atoms with Gasteiger partial charge in [0.25, 0.3) is 5.91 Å². The van der Waals surface area contributed by atoms with Gasteiger partial charge in [-0.3, -0.25) is 19.1 Å². The van der Waals surface area contributed by atoms with Crippen molar-refractivity contribution in [1.82, 2.24) is 24.2 Å². The molecule has 4 amide bonds. The van der Waals surface area contributed by atoms with Crippen molar-refractivity contribution in [1.29, 1.82) is 0 Å². The van der Waals surface area contributed by atoms with E-state index in [1.165, 1.54) is 4.57 Å². The Kier molecular flexibility index (Phi) is 9.77. The normalized spacial score (nSPS) is 21.3. The van der Waals surface area contributed by atoms with Crippen LogP contribution in [0.25, 0.3) is 11.1 Å². The lowest BCUT2D eigenvalue weighted by molar-refractivity contribution is -0.146. The largest absolute Gasteiger partial charge is 0.480 e. The zero-order valence-corrected chi connectivity index (χ0v) is 29.2. The molecule has 5 heterocycles. The minimum Gasteiger partial charge on any atom is -0.480 e. The summed E-state index contributed by atoms with van der Waals surface area (Å²) in [5, 5.41) is 12.7. The minimum absolute atomic E-state index is 0.0337. The topological polar surface area (TPSA) is 158 Å². The minimum atomic E-state index is -1.12. The molecule has 3 aromatic rings. The van der Waals surface area contributed by atoms with Gasteiger partial charge < -0.3 is 34.3 Å². The number of oxazole rings is 1. The summed E-state index contributed by atoms with van der Waals surface area (Å²) in [5.74, 6) is -1.59. The Labute approximate surface area is 295 Å². The summed E-state index contributed by atoms with van der Waals surface area (Å²) in [5.41, 5.74) is 4.49. The molecule has 14 nitrogen and oxygen atoms in total. The smallest absolute Gasteiger partial charge is 0.419 e. The molecule has 0 spiro atoms. The van der Waals surface area contributed by atoms with Crippen molar-refractivity contribution in [3.8, 4) is 0 Å². The number of aromatic nitrogens is 1. The third kappa shape index (κ3) is 7.06. The van der Waals surface area contributed by atoms with Crippen molar-refractivity contribution < 1.29 is 33.4 Å². The first-order chi connectivity index (χ1) is 24.6. The molecule has 51 heavy (non-hydrogen) atoms. The molecule has 4 aliphatic heterocycles. The number of carbonyl (C=O) groups is 4. The van der Waals surface area contributed by atoms with Crippen LogP contribution in [0.3, 0.4) is 0 Å². The van der Waals surface area contributed by atoms with Gasteiger partial charge in [0.1, 0.15) is 6.04 Å². The van der Waals surface area contributed by atoms with E-state index in [9.17, 15) is 29.1 Å². The van der Waals surface area contributed by atoms with E-state index in [4.69, 9.17) is 9.15 Å². The lowest BCUT2D eigenvalue weighted by Gasteiger charge is -2.40. The number of carboxylic acid groups (broad SMARTS) is 1. The Morgan fingerprint density at radius 2 is 1.65 bits per heavy atom. The van der Waals surface area contributed by atoms with Gasteiger partial charge in [0, 0.05) is 64.0 Å². The number of hydrogen-bond acceptors (Lipinski definition) is 8. The first kappa shape index (κ1) is 34.6. The maximum Gasteiger partial charge on any atom is 0.419 e. The predicted molar refractivity (Wildman–Crippen MR) is 188 cm³/mol. The second kappa shape index (κ2) is 14.4. The van der Waals surface area contributed by atoms with Gasteiger partial charge in [0.2, 0.25) is 0 Å². The number of benzene rings is 2. The van der Waals surface area contributed by atoms with Crippen LogP contribution in [0.5, 0.6) is 0 Å². The van der Waals surface area contributed by atoms with Crippen molar-refractivity contribution >= 4 is 40.8 Å². The van der Waals surface area contributed by atoms with E-state index in [0.717, 1.165) is 36.2 Å². The molecule has 2 atom stereocenters. The number of urea groups is 1. The summed E-state index contributed by atoms with van der Waals surface area (Å²) in [6, 6.07) is 10.8. The number of carboxylic acids is 1. The highest BCUT2D eigenvalue weighted by Crippen LogP contribution is 2.29. The molecule has 272 valence electrons. The fourth-order valence-corrected chi connectivity index (χ4v) is 8.50. The van der Waals surface area contributed by atoms with Gasteiger partial charge in [-0.25, -0.2) is 14.4 Å². The van der Waals surface area contributed by atoms with Crippen LogP contribution < -0.4 is 11.1 Å². The van der Waals surface area contributed by atoms with Crippen LogP contribution in [0.4, 0.5) is 15.3 Å². The molecule has 7 rings (SSSR count). The third-order valence-electron chi connectivity index (χ3n) is 11.2. The summed E-state index contributed by atoms with van der Waals surface area (Å²) in [6.45, 7) is 4.81. The second-order valence-corrected chi connectivity index (χ2v) is 14.3. The molecule has 3 saturated heterocycles. The van der Waals surface area contributed by atoms with Crippen LogP contribution in [-0.2, 0) is 34.2 Å². The SMILES string of the molecule is Cc1cc(C[C@@H](OC(=O)N2CCC(N3CCc4ccccc4NC3=O)CC2)C(=O)N2CCC(N3CCC[C@H]3C(=O)O)CC2)cc2oc(=O)n(C)c12. The first-order valence-electron chi connectivity index (χ1n) is 18.0. The highest BCUT2D eigenvalue weighted by molar-refractivity contribution is 5.91. The van der Waals surface area contributed by atoms with Gasteiger partial charge in [-0.2, -0.15) is 0 Å². The van der Waals surface area contributed by atoms with E-state index < -0.39 is 30.0 Å². The molecule has 1 aromatic heterocycles. The number of hydrogen-bond donors (Lipinski definition) is 2. The number of anilines is 1. The van der Waals surface area contributed by atoms with Crippen molar-refractivity contribution in [2.75, 3.05) is 44.6 Å². The van der Waals surface area contributed by atoms with E-state index in [1.54, 1.807) is 22.9 Å². The number of piperidine rings is 2. The number of aryl methyl sites for hydroxylation is 2. The van der Waals surface area contributed by atoms with Gasteiger partial charge in [-0.05, 0) is 87.2 Å². The quantitative estimate of drug-likeness (QED) is 0.376. The Hall–Kier alpha value is -4.85. The van der Waals surface area contributed by atoms with E-state index in [0.29, 0.717) is 81.5 Å². The Bertz CT molecular complexity index is 1870. The average molecular weight is 703 g/mol. The number of carbonyl (C=O) groups excluding carboxylic acids is 3. The molecule has 0 bridgehead atoms. The van der Waals surface area contributed by atoms with Crippen LogP contribution in [0.1, 0.15) is 55.2 Å². The van der Waals surface area contributed by atoms with E-state index in [-0.39, 0.29) is 30.4 Å². The molecule has 3 fully saturated rings. The van der Waals surface area contributed by atoms with Crippen LogP contribution in [0.15, 0.2) is 45.6 Å². The number of nitrogens with zero attached hydrogens (tertiary/aromatic N) is 5. The predicted octanol–water partition coefficient (Wildman–Crippen LogP) is 3.58. The van der Waals surface area contributed by atoms with Crippen molar-refractivity contribution in [3.05, 3.63) is 63.6 Å². The van der Waals surface area contributed by atoms with E-state index in [2.05, 4.69) is 10.2 Å². The molecule has 4 aliphatic rings. The number of ether oxygens (including phenoxy) is 1. The Balaban J connectivity index is 1.03. The lowest BCUT2D eigenvalue weighted by Crippen LogP contribution is -2.53. The standard InChI is InChI=1S/C37H46N6O8/c1-23-20-24(21-30-32(23)39(2)36(48)50-30)22-31(33(44)40-15-10-26(11-16-40)42-14-5-8-29(42)34(45)46)51-37(49)41-17-12-27(13-18-41)43-19-9-25-6-3-4-7-28(25)38-35(43)47/h3-4,6-7,20-21,26-27,29,31H,5,8-19,22H2,1-2H3,(H,38,47)(H,45,46)/t29-,31+/m0/s1. The number of aliphatic carboxylic acids is 1. The number of amides is 4. The van der Waals surface area contributed by atoms with Crippen molar-refractivity contribution in [2.45, 2.75) is 82.5 Å². The fraction of sp³-hybridized carbons (Fsp3) is 0.541. The third-order valence-corrected chi connectivity index (χ3v) is 11.2. The Morgan fingerprint density at radius 1 is 0.941 bits per heavy atom. The summed E-state index contributed by atoms with van der Waals surface area (Å²) < 4.78 is 12.9. The monoisotopic (exact) mass is 702 g/mol. The zero-order chi connectivity index (χ0) is 35.8. The Morgan fingerprint density at radius 3 is 2.39 bits per heavy atom. The first-order valence-corrected chi connectivity index (χ1v) is 18.0. The van der Waals surface area contributed by atoms with Gasteiger partial charge in [-0.1, -0.05) is 24.3 Å². The van der Waals surface area contributed by atoms with Crippen molar-refractivity contribution in [3.63, 3.8) is 0 Å². The molecule has 0 radical (unpaired) electrons. The van der Waals surface area contributed by atoms with Crippen LogP contribution in [0, 0.1) is 6.92 Å². The number of para-hydroxylation sites is 1. The average Bonchev–Trinajstić information content (AvgIpc) is 3.68. The molecule has 2 N–H and O–H groups in total. The lowest BCUT2D eigenvalue weighted by atomic mass is 9.99. The zero-order valence-electron chi connectivity index (χ0n) is 29.2. The van der Waals surface area contributed by atoms with Crippen LogP contribution >= 0.6 is 0 Å². The fourth-order valence-electron chi connectivity index (χ4n) is 8.50. The molecular weight excluding hydrogens is 656 g/mol. The van der Waals surface area contributed by atoms with Gasteiger partial charge in [0.15, 0.2) is 11.7 Å². The number of likely N-dealkylation sites (tertiary alicyclic amines) is 3. The molecule has 0 aliphatic carbocycles. The number of rotatable bonds is 7. The van der Waals surface area contributed by atoms with Gasteiger partial charge in [-0.15, -0.1) is 0 Å². The van der Waals surface area contributed by atoms with Crippen LogP contribution in [-0.4, -0.2) is 117 Å². The molecule has 0 saturated carbocycles. The maximum atomic E-state index is 14.1. The van der Waals surface area contributed by atoms with E-state index in [1.807, 2.05) is 42.2 Å². The summed E-state index contributed by atoms with van der Waals surface area (Å²) >= 11 is 0. The van der Waals surface area contributed by atoms with Gasteiger partial charge >= 0.3 is 23.8 Å². The molecule has 14 heteroatoms. The number of fused-ring (bicyclic) bond motifs is 2. The molecule has 2 aromatic carbocycles. The highest BCUT2D eigenvalue weighted by atomic mass is 16.6. The van der Waals surface area contributed by atoms with Gasteiger partial charge in [0.05, 0.1) is 5.52 Å². The second-order valence-electron chi connectivity index (χ2n) is 14.3. The summed E-state index contributed by atoms with van der Waals surface area (Å²) in [7, 11) is 1.64. The van der Waals surface area contributed by atoms with E-state index >= 15 is 0 Å². The summed E-state index contributed by atoms with van der Waals surface area (Å²) in [6.07, 6.45) is 3.06. The molecular formula is C37H46N6O8. The van der Waals surface area contributed by atoms with Crippen LogP contribution in [0.2, 0.25) is 0 Å². The maximum absolute atomic E-state index is 14.1. The summed E-state index contributed by atoms with van der Waals surface area (Å²) in [4.78, 5) is 72.3. The molecule has 0 unspecified atom stereocenters.